The number of carbonyl (C=O) groups is 1. The normalized spacial score (nSPS) is 26.8. The highest BCUT2D eigenvalue weighted by atomic mass is 32.1. The van der Waals surface area contributed by atoms with Crippen molar-refractivity contribution in [3.05, 3.63) is 39.9 Å². The minimum atomic E-state index is -1.61. The van der Waals surface area contributed by atoms with Crippen molar-refractivity contribution in [2.75, 3.05) is 6.61 Å². The van der Waals surface area contributed by atoms with Crippen molar-refractivity contribution in [2.45, 2.75) is 25.6 Å². The minimum absolute atomic E-state index is 0.0651. The molecule has 2 rings (SSSR count). The van der Waals surface area contributed by atoms with Gasteiger partial charge in [0, 0.05) is 12.1 Å². The molecule has 3 N–H and O–H groups in total. The zero-order valence-electron chi connectivity index (χ0n) is 12.6. The average molecular weight is 339 g/mol. The lowest BCUT2D eigenvalue weighted by atomic mass is 9.83. The maximum absolute atomic E-state index is 12.3. The highest BCUT2D eigenvalue weighted by Crippen LogP contribution is 2.34. The molecule has 9 heteroatoms. The SMILES string of the molecule is CCOC(=O)C1C(c2ccc([N+](=O)[O-])cc2)NC(=S)NC1(C)O. The number of hydrogen-bond acceptors (Lipinski definition) is 6. The number of benzene rings is 1. The maximum atomic E-state index is 12.3. The number of ether oxygens (including phenoxy) is 1. The number of nitro groups is 1. The van der Waals surface area contributed by atoms with E-state index in [1.165, 1.54) is 31.2 Å². The summed E-state index contributed by atoms with van der Waals surface area (Å²) in [4.78, 5) is 22.5. The number of hydrogen-bond donors (Lipinski definition) is 3. The molecular formula is C14H17N3O5S. The molecule has 124 valence electrons. The van der Waals surface area contributed by atoms with Crippen molar-refractivity contribution in [1.29, 1.82) is 0 Å². The van der Waals surface area contributed by atoms with Crippen LogP contribution < -0.4 is 10.6 Å². The molecule has 0 radical (unpaired) electrons. The summed E-state index contributed by atoms with van der Waals surface area (Å²) in [6, 6.07) is 5.04. The Morgan fingerprint density at radius 3 is 2.61 bits per heavy atom. The van der Waals surface area contributed by atoms with Gasteiger partial charge in [0.25, 0.3) is 5.69 Å². The van der Waals surface area contributed by atoms with Gasteiger partial charge < -0.3 is 20.5 Å². The molecule has 0 bridgehead atoms. The topological polar surface area (TPSA) is 114 Å². The van der Waals surface area contributed by atoms with Gasteiger partial charge in [0.05, 0.1) is 17.6 Å². The number of aliphatic hydroxyl groups is 1. The number of nitrogens with zero attached hydrogens (tertiary/aromatic N) is 1. The van der Waals surface area contributed by atoms with Gasteiger partial charge in [0.15, 0.2) is 5.11 Å². The second kappa shape index (κ2) is 6.47. The monoisotopic (exact) mass is 339 g/mol. The summed E-state index contributed by atoms with van der Waals surface area (Å²) >= 11 is 5.06. The fraction of sp³-hybridized carbons (Fsp3) is 0.429. The van der Waals surface area contributed by atoms with E-state index in [1.807, 2.05) is 0 Å². The summed E-state index contributed by atoms with van der Waals surface area (Å²) in [6.07, 6.45) is 0. The van der Waals surface area contributed by atoms with Gasteiger partial charge in [0.2, 0.25) is 0 Å². The Bertz CT molecular complexity index is 632. The highest BCUT2D eigenvalue weighted by Gasteiger charge is 2.48. The summed E-state index contributed by atoms with van der Waals surface area (Å²) in [5.74, 6) is -1.57. The highest BCUT2D eigenvalue weighted by molar-refractivity contribution is 7.80. The molecule has 3 unspecified atom stereocenters. The standard InChI is InChI=1S/C14H17N3O5S/c1-3-22-12(18)10-11(15-13(23)16-14(10,2)19)8-4-6-9(7-5-8)17(20)21/h4-7,10-11,19H,3H2,1-2H3,(H2,15,16,23). The lowest BCUT2D eigenvalue weighted by Crippen LogP contribution is -2.65. The number of nitrogens with one attached hydrogen (secondary N) is 2. The number of carbonyl (C=O) groups excluding carboxylic acids is 1. The van der Waals surface area contributed by atoms with Crippen molar-refractivity contribution in [2.24, 2.45) is 5.92 Å². The van der Waals surface area contributed by atoms with Gasteiger partial charge >= 0.3 is 5.97 Å². The van der Waals surface area contributed by atoms with Crippen molar-refractivity contribution >= 4 is 29.0 Å². The van der Waals surface area contributed by atoms with E-state index in [2.05, 4.69) is 10.6 Å². The Hall–Kier alpha value is -2.26. The minimum Gasteiger partial charge on any atom is -0.466 e. The van der Waals surface area contributed by atoms with Crippen LogP contribution in [0, 0.1) is 16.0 Å². The van der Waals surface area contributed by atoms with E-state index >= 15 is 0 Å². The molecule has 1 aromatic carbocycles. The van der Waals surface area contributed by atoms with Gasteiger partial charge in [0.1, 0.15) is 11.6 Å². The zero-order chi connectivity index (χ0) is 17.2. The van der Waals surface area contributed by atoms with Crippen molar-refractivity contribution in [3.63, 3.8) is 0 Å². The van der Waals surface area contributed by atoms with E-state index in [-0.39, 0.29) is 17.4 Å². The molecule has 0 amide bonds. The first-order valence-electron chi connectivity index (χ1n) is 6.98. The van der Waals surface area contributed by atoms with E-state index in [0.717, 1.165) is 0 Å². The molecule has 0 aliphatic carbocycles. The fourth-order valence-electron chi connectivity index (χ4n) is 2.57. The van der Waals surface area contributed by atoms with Gasteiger partial charge in [-0.2, -0.15) is 0 Å². The molecule has 8 nitrogen and oxygen atoms in total. The van der Waals surface area contributed by atoms with Crippen LogP contribution in [-0.4, -0.2) is 33.4 Å². The van der Waals surface area contributed by atoms with Gasteiger partial charge in [-0.1, -0.05) is 12.1 Å². The van der Waals surface area contributed by atoms with E-state index in [9.17, 15) is 20.0 Å². The molecule has 23 heavy (non-hydrogen) atoms. The second-order valence-corrected chi connectivity index (χ2v) is 5.71. The lowest BCUT2D eigenvalue weighted by molar-refractivity contribution is -0.384. The molecule has 1 aliphatic rings. The van der Waals surface area contributed by atoms with Crippen LogP contribution in [0.5, 0.6) is 0 Å². The molecule has 3 atom stereocenters. The van der Waals surface area contributed by atoms with Crippen molar-refractivity contribution in [1.82, 2.24) is 10.6 Å². The van der Waals surface area contributed by atoms with Crippen LogP contribution in [0.4, 0.5) is 5.69 Å². The number of nitro benzene ring substituents is 1. The summed E-state index contributed by atoms with van der Waals surface area (Å²) in [6.45, 7) is 3.27. The van der Waals surface area contributed by atoms with E-state index in [4.69, 9.17) is 17.0 Å². The molecular weight excluding hydrogens is 322 g/mol. The van der Waals surface area contributed by atoms with Crippen LogP contribution in [0.25, 0.3) is 0 Å². The smallest absolute Gasteiger partial charge is 0.316 e. The van der Waals surface area contributed by atoms with E-state index in [1.54, 1.807) is 6.92 Å². The quantitative estimate of drug-likeness (QED) is 0.322. The number of non-ortho nitro benzene ring substituents is 1. The van der Waals surface area contributed by atoms with Crippen LogP contribution in [0.15, 0.2) is 24.3 Å². The lowest BCUT2D eigenvalue weighted by Gasteiger charge is -2.43. The van der Waals surface area contributed by atoms with Crippen molar-refractivity contribution < 1.29 is 19.6 Å². The summed E-state index contributed by atoms with van der Waals surface area (Å²) in [5.41, 5.74) is -1.09. The predicted molar refractivity (Wildman–Crippen MR) is 85.5 cm³/mol. The molecule has 1 aliphatic heterocycles. The molecule has 0 spiro atoms. The summed E-state index contributed by atoms with van der Waals surface area (Å²) in [5, 5.41) is 27.0. The third-order valence-corrected chi connectivity index (χ3v) is 3.82. The Morgan fingerprint density at radius 2 is 2.09 bits per heavy atom. The van der Waals surface area contributed by atoms with Crippen LogP contribution in [0.1, 0.15) is 25.5 Å². The molecule has 0 saturated carbocycles. The molecule has 0 aromatic heterocycles. The zero-order valence-corrected chi connectivity index (χ0v) is 13.4. The number of esters is 1. The van der Waals surface area contributed by atoms with E-state index in [0.29, 0.717) is 5.56 Å². The van der Waals surface area contributed by atoms with Crippen molar-refractivity contribution in [3.8, 4) is 0 Å². The van der Waals surface area contributed by atoms with Gasteiger partial charge in [-0.25, -0.2) is 0 Å². The van der Waals surface area contributed by atoms with Crippen LogP contribution in [-0.2, 0) is 9.53 Å². The Labute approximate surface area is 138 Å². The predicted octanol–water partition coefficient (Wildman–Crippen LogP) is 1.00. The first-order chi connectivity index (χ1) is 10.8. The first-order valence-corrected chi connectivity index (χ1v) is 7.39. The Balaban J connectivity index is 2.40. The first kappa shape index (κ1) is 17.1. The largest absolute Gasteiger partial charge is 0.466 e. The Morgan fingerprint density at radius 1 is 1.48 bits per heavy atom. The van der Waals surface area contributed by atoms with Crippen LogP contribution >= 0.6 is 12.2 Å². The second-order valence-electron chi connectivity index (χ2n) is 5.30. The molecule has 1 fully saturated rings. The van der Waals surface area contributed by atoms with Gasteiger partial charge in [-0.3, -0.25) is 14.9 Å². The maximum Gasteiger partial charge on any atom is 0.316 e. The summed E-state index contributed by atoms with van der Waals surface area (Å²) < 4.78 is 5.04. The van der Waals surface area contributed by atoms with Crippen LogP contribution in [0.3, 0.4) is 0 Å². The third kappa shape index (κ3) is 3.57. The summed E-state index contributed by atoms with van der Waals surface area (Å²) in [7, 11) is 0. The molecule has 1 aromatic rings. The fourth-order valence-corrected chi connectivity index (χ4v) is 2.90. The molecule has 1 heterocycles. The average Bonchev–Trinajstić information content (AvgIpc) is 2.45. The van der Waals surface area contributed by atoms with Crippen LogP contribution in [0.2, 0.25) is 0 Å². The number of rotatable bonds is 4. The van der Waals surface area contributed by atoms with Gasteiger partial charge in [-0.05, 0) is 31.6 Å². The van der Waals surface area contributed by atoms with Gasteiger partial charge in [-0.15, -0.1) is 0 Å². The Kier molecular flexibility index (Phi) is 4.81. The third-order valence-electron chi connectivity index (χ3n) is 3.60. The number of thiocarbonyl (C=S) groups is 1. The molecule has 1 saturated heterocycles. The van der Waals surface area contributed by atoms with E-state index < -0.39 is 28.6 Å².